The molecule has 0 unspecified atom stereocenters. The molecular weight excluding hydrogens is 478 g/mol. The van der Waals surface area contributed by atoms with Crippen molar-refractivity contribution in [3.63, 3.8) is 0 Å². The molecule has 0 N–H and O–H groups in total. The molecule has 0 fully saturated rings. The average Bonchev–Trinajstić information content (AvgIpc) is 2.80. The Hall–Kier alpha value is -3.68. The van der Waals surface area contributed by atoms with Gasteiger partial charge >= 0.3 is 12.4 Å². The number of hydrogen-bond acceptors (Lipinski definition) is 1. The van der Waals surface area contributed by atoms with Crippen LogP contribution in [0, 0.1) is 20.8 Å². The van der Waals surface area contributed by atoms with Gasteiger partial charge in [-0.05, 0) is 49.7 Å². The summed E-state index contributed by atoms with van der Waals surface area (Å²) in [5, 5.41) is 0. The molecule has 0 saturated carbocycles. The molecule has 36 heavy (non-hydrogen) atoms. The van der Waals surface area contributed by atoms with Gasteiger partial charge in [0, 0.05) is 18.1 Å². The minimum atomic E-state index is -4.47. The SMILES string of the molecule is Cc1ccc(-c2nc(-c3ccc(C(F)(F)F)cc3)c(C)[n+](C)c2-c2ccc(C(F)(F)F)cc2C)cc1. The lowest BCUT2D eigenvalue weighted by molar-refractivity contribution is -0.666. The fourth-order valence-corrected chi connectivity index (χ4v) is 4.15. The highest BCUT2D eigenvalue weighted by Crippen LogP contribution is 2.37. The van der Waals surface area contributed by atoms with E-state index < -0.39 is 23.5 Å². The molecule has 0 aliphatic carbocycles. The van der Waals surface area contributed by atoms with Gasteiger partial charge < -0.3 is 0 Å². The average molecular weight is 501 g/mol. The van der Waals surface area contributed by atoms with Gasteiger partial charge in [0.25, 0.3) is 0 Å². The van der Waals surface area contributed by atoms with Crippen LogP contribution in [0.4, 0.5) is 26.3 Å². The van der Waals surface area contributed by atoms with Gasteiger partial charge in [-0.15, -0.1) is 0 Å². The van der Waals surface area contributed by atoms with Crippen LogP contribution in [0.2, 0.25) is 0 Å². The van der Waals surface area contributed by atoms with E-state index in [1.807, 2.05) is 35.8 Å². The van der Waals surface area contributed by atoms with Gasteiger partial charge in [-0.3, -0.25) is 0 Å². The monoisotopic (exact) mass is 501 g/mol. The van der Waals surface area contributed by atoms with E-state index in [2.05, 4.69) is 0 Å². The summed E-state index contributed by atoms with van der Waals surface area (Å²) in [7, 11) is 1.77. The van der Waals surface area contributed by atoms with Crippen molar-refractivity contribution in [1.29, 1.82) is 0 Å². The largest absolute Gasteiger partial charge is 0.416 e. The summed E-state index contributed by atoms with van der Waals surface area (Å²) < 4.78 is 80.9. The van der Waals surface area contributed by atoms with Crippen LogP contribution in [0.3, 0.4) is 0 Å². The Kier molecular flexibility index (Phi) is 6.41. The molecule has 8 heteroatoms. The predicted octanol–water partition coefficient (Wildman–Crippen LogP) is 7.87. The van der Waals surface area contributed by atoms with Gasteiger partial charge in [-0.2, -0.15) is 30.9 Å². The lowest BCUT2D eigenvalue weighted by Crippen LogP contribution is -2.37. The third kappa shape index (κ3) is 4.85. The zero-order valence-corrected chi connectivity index (χ0v) is 20.0. The van der Waals surface area contributed by atoms with E-state index in [4.69, 9.17) is 4.98 Å². The van der Waals surface area contributed by atoms with Crippen LogP contribution in [0.15, 0.2) is 66.7 Å². The summed E-state index contributed by atoms with van der Waals surface area (Å²) in [6, 6.07) is 15.9. The van der Waals surface area contributed by atoms with Gasteiger partial charge in [0.2, 0.25) is 11.4 Å². The molecule has 0 bridgehead atoms. The first-order valence-electron chi connectivity index (χ1n) is 11.1. The molecule has 1 heterocycles. The molecule has 4 aromatic rings. The van der Waals surface area contributed by atoms with Crippen LogP contribution in [0.5, 0.6) is 0 Å². The Morgan fingerprint density at radius 1 is 0.639 bits per heavy atom. The van der Waals surface area contributed by atoms with Gasteiger partial charge in [0.05, 0.1) is 16.7 Å². The number of aromatic nitrogens is 2. The van der Waals surface area contributed by atoms with Gasteiger partial charge in [0.15, 0.2) is 0 Å². The Balaban J connectivity index is 1.97. The first-order chi connectivity index (χ1) is 16.8. The topological polar surface area (TPSA) is 16.8 Å². The van der Waals surface area contributed by atoms with Crippen LogP contribution < -0.4 is 4.57 Å². The Morgan fingerprint density at radius 3 is 1.67 bits per heavy atom. The number of alkyl halides is 6. The van der Waals surface area contributed by atoms with E-state index in [1.54, 1.807) is 20.9 Å². The number of aryl methyl sites for hydroxylation is 2. The number of benzene rings is 3. The summed E-state index contributed by atoms with van der Waals surface area (Å²) in [4.78, 5) is 4.86. The quantitative estimate of drug-likeness (QED) is 0.206. The van der Waals surface area contributed by atoms with E-state index >= 15 is 0 Å². The zero-order valence-electron chi connectivity index (χ0n) is 20.0. The van der Waals surface area contributed by atoms with E-state index in [1.165, 1.54) is 18.2 Å². The second-order valence-corrected chi connectivity index (χ2v) is 8.77. The lowest BCUT2D eigenvalue weighted by atomic mass is 9.96. The van der Waals surface area contributed by atoms with Crippen molar-refractivity contribution in [3.8, 4) is 33.8 Å². The van der Waals surface area contributed by atoms with Gasteiger partial charge in [0.1, 0.15) is 18.4 Å². The fraction of sp³-hybridized carbons (Fsp3) is 0.214. The molecule has 0 aliphatic rings. The summed E-state index contributed by atoms with van der Waals surface area (Å²) in [6.45, 7) is 5.32. The van der Waals surface area contributed by atoms with Crippen LogP contribution in [0.25, 0.3) is 33.8 Å². The molecule has 0 aliphatic heterocycles. The van der Waals surface area contributed by atoms with Crippen molar-refractivity contribution in [3.05, 3.63) is 94.7 Å². The van der Waals surface area contributed by atoms with Gasteiger partial charge in [-0.1, -0.05) is 42.0 Å². The maximum Gasteiger partial charge on any atom is 0.416 e. The highest BCUT2D eigenvalue weighted by atomic mass is 19.4. The minimum absolute atomic E-state index is 0.428. The van der Waals surface area contributed by atoms with Crippen molar-refractivity contribution in [2.24, 2.45) is 7.05 Å². The van der Waals surface area contributed by atoms with Crippen LogP contribution >= 0.6 is 0 Å². The third-order valence-electron chi connectivity index (χ3n) is 6.25. The molecule has 0 radical (unpaired) electrons. The number of nitrogens with zero attached hydrogens (tertiary/aromatic N) is 2. The molecule has 2 nitrogen and oxygen atoms in total. The molecular formula is C28H23F6N2+. The number of rotatable bonds is 3. The Labute approximate surface area is 204 Å². The molecule has 0 spiro atoms. The fourth-order valence-electron chi connectivity index (χ4n) is 4.15. The lowest BCUT2D eigenvalue weighted by Gasteiger charge is -2.16. The predicted molar refractivity (Wildman–Crippen MR) is 126 cm³/mol. The number of hydrogen-bond donors (Lipinski definition) is 0. The smallest absolute Gasteiger partial charge is 0.234 e. The zero-order chi connectivity index (χ0) is 26.4. The minimum Gasteiger partial charge on any atom is -0.234 e. The van der Waals surface area contributed by atoms with Crippen molar-refractivity contribution in [2.45, 2.75) is 33.1 Å². The molecule has 1 aromatic heterocycles. The van der Waals surface area contributed by atoms with Crippen LogP contribution in [-0.2, 0) is 19.4 Å². The second-order valence-electron chi connectivity index (χ2n) is 8.77. The summed E-state index contributed by atoms with van der Waals surface area (Å²) in [5.41, 5.74) is 4.02. The first-order valence-corrected chi connectivity index (χ1v) is 11.1. The highest BCUT2D eigenvalue weighted by molar-refractivity contribution is 5.80. The van der Waals surface area contributed by atoms with E-state index in [0.29, 0.717) is 39.5 Å². The van der Waals surface area contributed by atoms with Crippen molar-refractivity contribution in [2.75, 3.05) is 0 Å². The third-order valence-corrected chi connectivity index (χ3v) is 6.25. The summed E-state index contributed by atoms with van der Waals surface area (Å²) in [5.74, 6) is 0. The highest BCUT2D eigenvalue weighted by Gasteiger charge is 2.33. The maximum absolute atomic E-state index is 13.3. The second kappa shape index (κ2) is 9.08. The van der Waals surface area contributed by atoms with E-state index in [-0.39, 0.29) is 0 Å². The van der Waals surface area contributed by atoms with Crippen molar-refractivity contribution < 1.29 is 30.9 Å². The summed E-state index contributed by atoms with van der Waals surface area (Å²) in [6.07, 6.45) is -8.92. The van der Waals surface area contributed by atoms with E-state index in [9.17, 15) is 26.3 Å². The van der Waals surface area contributed by atoms with Crippen molar-refractivity contribution in [1.82, 2.24) is 4.98 Å². The maximum atomic E-state index is 13.3. The van der Waals surface area contributed by atoms with Crippen molar-refractivity contribution >= 4 is 0 Å². The molecule has 0 amide bonds. The van der Waals surface area contributed by atoms with E-state index in [0.717, 1.165) is 35.4 Å². The Bertz CT molecular complexity index is 1420. The molecule has 0 saturated heterocycles. The number of halogens is 6. The molecule has 186 valence electrons. The van der Waals surface area contributed by atoms with Crippen LogP contribution in [0.1, 0.15) is 27.9 Å². The normalized spacial score (nSPS) is 12.2. The van der Waals surface area contributed by atoms with Gasteiger partial charge in [-0.25, -0.2) is 4.98 Å². The molecule has 4 rings (SSSR count). The first kappa shape index (κ1) is 25.4. The summed E-state index contributed by atoms with van der Waals surface area (Å²) >= 11 is 0. The molecule has 0 atom stereocenters. The van der Waals surface area contributed by atoms with Crippen LogP contribution in [-0.4, -0.2) is 4.98 Å². The molecule has 3 aromatic carbocycles. The Morgan fingerprint density at radius 2 is 1.14 bits per heavy atom. The standard InChI is InChI=1S/C28H23F6N2/c1-16-5-7-20(8-6-16)25-26(23-14-13-22(15-17(23)2)28(32,33)34)36(4)18(3)24(35-25)19-9-11-21(12-10-19)27(29,30)31/h5-15H,1-4H3/q+1.